The van der Waals surface area contributed by atoms with Gasteiger partial charge in [-0.3, -0.25) is 9.59 Å². The first-order chi connectivity index (χ1) is 7.08. The topological polar surface area (TPSA) is 69.4 Å². The number of primary amides is 1. The molecule has 0 aromatic heterocycles. The molecule has 0 heterocycles. The third-order valence-electron chi connectivity index (χ3n) is 2.10. The Morgan fingerprint density at radius 2 is 2.07 bits per heavy atom. The van der Waals surface area contributed by atoms with Crippen LogP contribution in [0.1, 0.15) is 12.5 Å². The monoisotopic (exact) mass is 207 g/mol. The number of amides is 1. The van der Waals surface area contributed by atoms with E-state index in [4.69, 9.17) is 10.5 Å². The molecule has 0 saturated carbocycles. The Morgan fingerprint density at radius 3 is 2.53 bits per heavy atom. The van der Waals surface area contributed by atoms with Gasteiger partial charge >= 0.3 is 0 Å². The second-order valence-corrected chi connectivity index (χ2v) is 3.36. The van der Waals surface area contributed by atoms with E-state index >= 15 is 0 Å². The Hall–Kier alpha value is -1.68. The highest BCUT2D eigenvalue weighted by molar-refractivity contribution is 5.98. The Morgan fingerprint density at radius 1 is 1.47 bits per heavy atom. The number of carbonyl (C=O) groups excluding carboxylic acids is 2. The quantitative estimate of drug-likeness (QED) is 0.569. The minimum Gasteiger partial charge on any atom is -0.367 e. The molecule has 1 atom stereocenters. The molecule has 4 nitrogen and oxygen atoms in total. The minimum absolute atomic E-state index is 0.180. The number of nitrogens with two attached hydrogens (primary N) is 1. The van der Waals surface area contributed by atoms with Crippen molar-refractivity contribution in [2.45, 2.75) is 19.1 Å². The molecule has 2 N–H and O–H groups in total. The molecule has 0 aliphatic rings. The SMILES string of the molecule is CC(C=O)(OCc1ccccc1)C(N)=O. The van der Waals surface area contributed by atoms with Crippen molar-refractivity contribution in [2.75, 3.05) is 0 Å². The van der Waals surface area contributed by atoms with Gasteiger partial charge in [-0.15, -0.1) is 0 Å². The molecule has 80 valence electrons. The fourth-order valence-corrected chi connectivity index (χ4v) is 0.971. The molecular formula is C11H13NO3. The molecule has 0 fully saturated rings. The highest BCUT2D eigenvalue weighted by Crippen LogP contribution is 2.10. The number of benzene rings is 1. The molecule has 1 rings (SSSR count). The van der Waals surface area contributed by atoms with Gasteiger partial charge in [0.15, 0.2) is 11.9 Å². The molecule has 0 radical (unpaired) electrons. The van der Waals surface area contributed by atoms with Gasteiger partial charge < -0.3 is 10.5 Å². The maximum absolute atomic E-state index is 10.9. The molecule has 1 amide bonds. The van der Waals surface area contributed by atoms with Crippen LogP contribution in [0.2, 0.25) is 0 Å². The van der Waals surface area contributed by atoms with Crippen LogP contribution in [0.25, 0.3) is 0 Å². The normalized spacial score (nSPS) is 14.2. The lowest BCUT2D eigenvalue weighted by atomic mass is 10.1. The van der Waals surface area contributed by atoms with E-state index in [9.17, 15) is 9.59 Å². The third kappa shape index (κ3) is 2.89. The lowest BCUT2D eigenvalue weighted by Crippen LogP contribution is -2.44. The molecule has 0 aliphatic heterocycles. The average Bonchev–Trinajstić information content (AvgIpc) is 2.27. The third-order valence-corrected chi connectivity index (χ3v) is 2.10. The molecule has 15 heavy (non-hydrogen) atoms. The van der Waals surface area contributed by atoms with Crippen LogP contribution in [0.3, 0.4) is 0 Å². The lowest BCUT2D eigenvalue weighted by Gasteiger charge is -2.19. The molecule has 1 unspecified atom stereocenters. The van der Waals surface area contributed by atoms with Gasteiger partial charge in [0.25, 0.3) is 5.91 Å². The molecule has 1 aromatic rings. The van der Waals surface area contributed by atoms with Gasteiger partial charge in [-0.1, -0.05) is 30.3 Å². The second-order valence-electron chi connectivity index (χ2n) is 3.36. The average molecular weight is 207 g/mol. The Kier molecular flexibility index (Phi) is 3.57. The number of ether oxygens (including phenoxy) is 1. The van der Waals surface area contributed by atoms with E-state index in [1.54, 1.807) is 0 Å². The van der Waals surface area contributed by atoms with E-state index in [0.29, 0.717) is 6.29 Å². The van der Waals surface area contributed by atoms with E-state index in [2.05, 4.69) is 0 Å². The van der Waals surface area contributed by atoms with Crippen molar-refractivity contribution in [3.8, 4) is 0 Å². The summed E-state index contributed by atoms with van der Waals surface area (Å²) in [6.07, 6.45) is 0.415. The number of aldehydes is 1. The fraction of sp³-hybridized carbons (Fsp3) is 0.273. The number of carbonyl (C=O) groups is 2. The largest absolute Gasteiger partial charge is 0.367 e. The van der Waals surface area contributed by atoms with Crippen LogP contribution in [0.4, 0.5) is 0 Å². The molecular weight excluding hydrogens is 194 g/mol. The lowest BCUT2D eigenvalue weighted by molar-refractivity contribution is -0.149. The zero-order valence-electron chi connectivity index (χ0n) is 8.47. The standard InChI is InChI=1S/C11H13NO3/c1-11(8-13,10(12)14)15-7-9-5-3-2-4-6-9/h2-6,8H,7H2,1H3,(H2,12,14). The molecule has 0 bridgehead atoms. The van der Waals surface area contributed by atoms with Gasteiger partial charge in [-0.2, -0.15) is 0 Å². The maximum Gasteiger partial charge on any atom is 0.256 e. The van der Waals surface area contributed by atoms with Gasteiger partial charge in [0, 0.05) is 0 Å². The van der Waals surface area contributed by atoms with Crippen LogP contribution in [-0.4, -0.2) is 17.8 Å². The van der Waals surface area contributed by atoms with Crippen molar-refractivity contribution in [2.24, 2.45) is 5.73 Å². The molecule has 0 aliphatic carbocycles. The highest BCUT2D eigenvalue weighted by Gasteiger charge is 2.31. The molecule has 1 aromatic carbocycles. The zero-order valence-corrected chi connectivity index (χ0v) is 8.47. The maximum atomic E-state index is 10.9. The van der Waals surface area contributed by atoms with Crippen LogP contribution in [0.15, 0.2) is 30.3 Å². The van der Waals surface area contributed by atoms with Gasteiger partial charge in [0.2, 0.25) is 0 Å². The van der Waals surface area contributed by atoms with Crippen molar-refractivity contribution < 1.29 is 14.3 Å². The number of hydrogen-bond acceptors (Lipinski definition) is 3. The van der Waals surface area contributed by atoms with E-state index in [-0.39, 0.29) is 6.61 Å². The minimum atomic E-state index is -1.55. The summed E-state index contributed by atoms with van der Waals surface area (Å²) in [4.78, 5) is 21.6. The second kappa shape index (κ2) is 4.70. The zero-order chi connectivity index (χ0) is 11.3. The summed E-state index contributed by atoms with van der Waals surface area (Å²) in [5, 5.41) is 0. The fourth-order valence-electron chi connectivity index (χ4n) is 0.971. The van der Waals surface area contributed by atoms with E-state index in [1.165, 1.54) is 6.92 Å². The van der Waals surface area contributed by atoms with Crippen molar-refractivity contribution >= 4 is 12.2 Å². The predicted octanol–water partition coefficient (Wildman–Crippen LogP) is 0.646. The van der Waals surface area contributed by atoms with Crippen LogP contribution >= 0.6 is 0 Å². The van der Waals surface area contributed by atoms with Crippen molar-refractivity contribution in [1.82, 2.24) is 0 Å². The first-order valence-electron chi connectivity index (χ1n) is 4.52. The van der Waals surface area contributed by atoms with Crippen molar-refractivity contribution in [3.63, 3.8) is 0 Å². The number of rotatable bonds is 5. The van der Waals surface area contributed by atoms with Gasteiger partial charge in [-0.25, -0.2) is 0 Å². The van der Waals surface area contributed by atoms with Crippen molar-refractivity contribution in [3.05, 3.63) is 35.9 Å². The Labute approximate surface area is 88.0 Å². The summed E-state index contributed by atoms with van der Waals surface area (Å²) in [5.41, 5.74) is 4.39. The first kappa shape index (κ1) is 11.4. The summed E-state index contributed by atoms with van der Waals surface area (Å²) in [6, 6.07) is 9.25. The summed E-state index contributed by atoms with van der Waals surface area (Å²) < 4.78 is 5.18. The number of hydrogen-bond donors (Lipinski definition) is 1. The van der Waals surface area contributed by atoms with Crippen LogP contribution in [0.5, 0.6) is 0 Å². The molecule has 0 saturated heterocycles. The smallest absolute Gasteiger partial charge is 0.256 e. The Bertz CT molecular complexity index is 350. The summed E-state index contributed by atoms with van der Waals surface area (Å²) in [6.45, 7) is 1.53. The predicted molar refractivity (Wildman–Crippen MR) is 54.9 cm³/mol. The Balaban J connectivity index is 2.63. The summed E-state index contributed by atoms with van der Waals surface area (Å²) >= 11 is 0. The van der Waals surface area contributed by atoms with Crippen molar-refractivity contribution in [1.29, 1.82) is 0 Å². The van der Waals surface area contributed by atoms with E-state index in [0.717, 1.165) is 5.56 Å². The molecule has 0 spiro atoms. The van der Waals surface area contributed by atoms with Crippen LogP contribution in [-0.2, 0) is 20.9 Å². The van der Waals surface area contributed by atoms with Crippen LogP contribution < -0.4 is 5.73 Å². The first-order valence-corrected chi connectivity index (χ1v) is 4.52. The van der Waals surface area contributed by atoms with E-state index in [1.807, 2.05) is 30.3 Å². The van der Waals surface area contributed by atoms with Crippen LogP contribution in [0, 0.1) is 0 Å². The van der Waals surface area contributed by atoms with Gasteiger partial charge in [0.1, 0.15) is 0 Å². The highest BCUT2D eigenvalue weighted by atomic mass is 16.5. The summed E-state index contributed by atoms with van der Waals surface area (Å²) in [5.74, 6) is -0.784. The van der Waals surface area contributed by atoms with E-state index < -0.39 is 11.5 Å². The molecule has 4 heteroatoms. The van der Waals surface area contributed by atoms with Gasteiger partial charge in [0.05, 0.1) is 6.61 Å². The summed E-state index contributed by atoms with van der Waals surface area (Å²) in [7, 11) is 0. The van der Waals surface area contributed by atoms with Gasteiger partial charge in [-0.05, 0) is 12.5 Å².